The first kappa shape index (κ1) is 10.4. The molecule has 0 spiro atoms. The zero-order chi connectivity index (χ0) is 11.4. The van der Waals surface area contributed by atoms with E-state index >= 15 is 0 Å². The lowest BCUT2D eigenvalue weighted by atomic mass is 10.1. The van der Waals surface area contributed by atoms with Crippen LogP contribution < -0.4 is 5.32 Å². The van der Waals surface area contributed by atoms with Crippen molar-refractivity contribution in [3.63, 3.8) is 0 Å². The van der Waals surface area contributed by atoms with Crippen molar-refractivity contribution in [3.05, 3.63) is 47.7 Å². The summed E-state index contributed by atoms with van der Waals surface area (Å²) in [5.74, 6) is 0.0243. The van der Waals surface area contributed by atoms with Crippen LogP contribution in [0, 0.1) is 0 Å². The van der Waals surface area contributed by atoms with Crippen LogP contribution in [-0.4, -0.2) is 16.2 Å². The number of amides is 1. The normalized spacial score (nSPS) is 10.1. The van der Waals surface area contributed by atoms with E-state index in [-0.39, 0.29) is 12.5 Å². The van der Waals surface area contributed by atoms with Gasteiger partial charge in [0, 0.05) is 11.6 Å². The molecule has 5 heteroatoms. The second-order valence-corrected chi connectivity index (χ2v) is 3.15. The van der Waals surface area contributed by atoms with Crippen LogP contribution >= 0.6 is 0 Å². The number of rotatable bonds is 3. The molecule has 0 saturated heterocycles. The summed E-state index contributed by atoms with van der Waals surface area (Å²) in [4.78, 5) is 11.8. The van der Waals surface area contributed by atoms with E-state index < -0.39 is 0 Å². The minimum atomic E-state index is -0.321. The van der Waals surface area contributed by atoms with Gasteiger partial charge in [0.25, 0.3) is 5.91 Å². The smallest absolute Gasteiger partial charge is 0.257 e. The molecule has 16 heavy (non-hydrogen) atoms. The monoisotopic (exact) mass is 218 g/mol. The lowest BCUT2D eigenvalue weighted by Gasteiger charge is -2.05. The molecule has 1 aromatic heterocycles. The number of nitrogens with one attached hydrogen (secondary N) is 1. The molecule has 2 rings (SSSR count). The van der Waals surface area contributed by atoms with Crippen LogP contribution in [0.3, 0.4) is 0 Å². The SMILES string of the molecule is O=C(Nc1ccon1)c1ccccc1CO. The van der Waals surface area contributed by atoms with Crippen LogP contribution in [0.5, 0.6) is 0 Å². The standard InChI is InChI=1S/C11H10N2O3/c14-7-8-3-1-2-4-9(8)11(15)12-10-5-6-16-13-10/h1-6,14H,7H2,(H,12,13,15). The second kappa shape index (κ2) is 4.59. The van der Waals surface area contributed by atoms with Gasteiger partial charge in [0.05, 0.1) is 6.61 Å². The van der Waals surface area contributed by atoms with Gasteiger partial charge in [-0.3, -0.25) is 4.79 Å². The number of nitrogens with zero attached hydrogens (tertiary/aromatic N) is 1. The number of benzene rings is 1. The van der Waals surface area contributed by atoms with Crippen LogP contribution in [0.2, 0.25) is 0 Å². The molecule has 82 valence electrons. The van der Waals surface area contributed by atoms with Crippen molar-refractivity contribution < 1.29 is 14.4 Å². The Hall–Kier alpha value is -2.14. The molecule has 5 nitrogen and oxygen atoms in total. The molecule has 0 atom stereocenters. The Morgan fingerprint density at radius 3 is 2.88 bits per heavy atom. The van der Waals surface area contributed by atoms with E-state index in [2.05, 4.69) is 15.0 Å². The topological polar surface area (TPSA) is 75.4 Å². The fourth-order valence-corrected chi connectivity index (χ4v) is 1.34. The van der Waals surface area contributed by atoms with E-state index in [9.17, 15) is 4.79 Å². The zero-order valence-electron chi connectivity index (χ0n) is 8.38. The molecule has 0 bridgehead atoms. The minimum Gasteiger partial charge on any atom is -0.392 e. The molecule has 2 aromatic rings. The van der Waals surface area contributed by atoms with Gasteiger partial charge >= 0.3 is 0 Å². The van der Waals surface area contributed by atoms with E-state index in [0.717, 1.165) is 0 Å². The summed E-state index contributed by atoms with van der Waals surface area (Å²) in [6.07, 6.45) is 1.37. The number of carbonyl (C=O) groups is 1. The Bertz CT molecular complexity index is 480. The van der Waals surface area contributed by atoms with Gasteiger partial charge < -0.3 is 14.9 Å². The summed E-state index contributed by atoms with van der Waals surface area (Å²) in [6.45, 7) is -0.178. The predicted octanol–water partition coefficient (Wildman–Crippen LogP) is 1.42. The quantitative estimate of drug-likeness (QED) is 0.816. The highest BCUT2D eigenvalue weighted by Crippen LogP contribution is 2.11. The summed E-state index contributed by atoms with van der Waals surface area (Å²) < 4.78 is 4.59. The lowest BCUT2D eigenvalue weighted by Crippen LogP contribution is -2.14. The maximum atomic E-state index is 11.8. The highest BCUT2D eigenvalue weighted by atomic mass is 16.5. The van der Waals surface area contributed by atoms with Gasteiger partial charge in [0.1, 0.15) is 6.26 Å². The average Bonchev–Trinajstić information content (AvgIpc) is 2.81. The zero-order valence-corrected chi connectivity index (χ0v) is 8.38. The first-order chi connectivity index (χ1) is 7.81. The molecule has 0 radical (unpaired) electrons. The van der Waals surface area contributed by atoms with Crippen LogP contribution in [0.25, 0.3) is 0 Å². The summed E-state index contributed by atoms with van der Waals surface area (Å²) in [5.41, 5.74) is 0.997. The molecule has 0 aliphatic carbocycles. The van der Waals surface area contributed by atoms with Crippen LogP contribution in [0.15, 0.2) is 41.1 Å². The fourth-order valence-electron chi connectivity index (χ4n) is 1.34. The van der Waals surface area contributed by atoms with Gasteiger partial charge in [-0.25, -0.2) is 0 Å². The van der Waals surface area contributed by atoms with Crippen LogP contribution in [-0.2, 0) is 6.61 Å². The first-order valence-electron chi connectivity index (χ1n) is 4.72. The van der Waals surface area contributed by atoms with Gasteiger partial charge in [0.15, 0.2) is 5.82 Å². The molecule has 0 unspecified atom stereocenters. The Balaban J connectivity index is 2.21. The highest BCUT2D eigenvalue weighted by Gasteiger charge is 2.11. The molecule has 1 amide bonds. The molecular formula is C11H10N2O3. The first-order valence-corrected chi connectivity index (χ1v) is 4.72. The number of aromatic nitrogens is 1. The van der Waals surface area contributed by atoms with Crippen molar-refractivity contribution in [1.82, 2.24) is 5.16 Å². The van der Waals surface area contributed by atoms with E-state index in [1.807, 2.05) is 0 Å². The maximum absolute atomic E-state index is 11.8. The van der Waals surface area contributed by atoms with Crippen LogP contribution in [0.4, 0.5) is 5.82 Å². The third-order valence-corrected chi connectivity index (χ3v) is 2.11. The van der Waals surface area contributed by atoms with Crippen molar-refractivity contribution in [2.75, 3.05) is 5.32 Å². The second-order valence-electron chi connectivity index (χ2n) is 3.15. The van der Waals surface area contributed by atoms with Crippen molar-refractivity contribution in [2.45, 2.75) is 6.61 Å². The molecule has 2 N–H and O–H groups in total. The number of anilines is 1. The fraction of sp³-hybridized carbons (Fsp3) is 0.0909. The van der Waals surface area contributed by atoms with E-state index in [1.54, 1.807) is 30.3 Å². The Morgan fingerprint density at radius 2 is 2.19 bits per heavy atom. The lowest BCUT2D eigenvalue weighted by molar-refractivity contribution is 0.102. The molecule has 0 fully saturated rings. The van der Waals surface area contributed by atoms with Crippen molar-refractivity contribution >= 4 is 11.7 Å². The summed E-state index contributed by atoms with van der Waals surface area (Å²) in [7, 11) is 0. The summed E-state index contributed by atoms with van der Waals surface area (Å²) in [5, 5.41) is 15.2. The Labute approximate surface area is 91.7 Å². The molecular weight excluding hydrogens is 208 g/mol. The van der Waals surface area contributed by atoms with Gasteiger partial charge in [-0.2, -0.15) is 0 Å². The maximum Gasteiger partial charge on any atom is 0.257 e. The highest BCUT2D eigenvalue weighted by molar-refractivity contribution is 6.04. The largest absolute Gasteiger partial charge is 0.392 e. The van der Waals surface area contributed by atoms with Crippen LogP contribution in [0.1, 0.15) is 15.9 Å². The molecule has 0 aliphatic rings. The Morgan fingerprint density at radius 1 is 1.38 bits per heavy atom. The number of aliphatic hydroxyl groups is 1. The molecule has 1 aromatic carbocycles. The number of aliphatic hydroxyl groups excluding tert-OH is 1. The summed E-state index contributed by atoms with van der Waals surface area (Å²) in [6, 6.07) is 8.37. The van der Waals surface area contributed by atoms with E-state index in [1.165, 1.54) is 6.26 Å². The molecule has 1 heterocycles. The third kappa shape index (κ3) is 2.09. The summed E-state index contributed by atoms with van der Waals surface area (Å²) >= 11 is 0. The van der Waals surface area contributed by atoms with Gasteiger partial charge in [-0.05, 0) is 11.6 Å². The molecule has 0 saturated carbocycles. The van der Waals surface area contributed by atoms with Gasteiger partial charge in [0.2, 0.25) is 0 Å². The van der Waals surface area contributed by atoms with E-state index in [4.69, 9.17) is 5.11 Å². The van der Waals surface area contributed by atoms with Crippen molar-refractivity contribution in [2.24, 2.45) is 0 Å². The predicted molar refractivity (Wildman–Crippen MR) is 56.8 cm³/mol. The molecule has 0 aliphatic heterocycles. The van der Waals surface area contributed by atoms with Gasteiger partial charge in [-0.15, -0.1) is 0 Å². The average molecular weight is 218 g/mol. The number of hydrogen-bond acceptors (Lipinski definition) is 4. The third-order valence-electron chi connectivity index (χ3n) is 2.11. The number of carbonyl (C=O) groups excluding carboxylic acids is 1. The minimum absolute atomic E-state index is 0.178. The number of hydrogen-bond donors (Lipinski definition) is 2. The van der Waals surface area contributed by atoms with Gasteiger partial charge in [-0.1, -0.05) is 23.4 Å². The van der Waals surface area contributed by atoms with E-state index in [0.29, 0.717) is 16.9 Å². The van der Waals surface area contributed by atoms with Crippen molar-refractivity contribution in [3.8, 4) is 0 Å². The van der Waals surface area contributed by atoms with Crippen molar-refractivity contribution in [1.29, 1.82) is 0 Å². The Kier molecular flexibility index (Phi) is 2.98.